The van der Waals surface area contributed by atoms with Gasteiger partial charge in [0.1, 0.15) is 6.61 Å². The number of carbonyl (C=O) groups is 1. The van der Waals surface area contributed by atoms with Gasteiger partial charge in [0.05, 0.1) is 12.1 Å². The van der Waals surface area contributed by atoms with E-state index in [2.05, 4.69) is 10.1 Å². The highest BCUT2D eigenvalue weighted by atomic mass is 16.5. The molecule has 3 aromatic rings. The molecule has 0 saturated carbocycles. The van der Waals surface area contributed by atoms with Crippen molar-refractivity contribution in [2.75, 3.05) is 31.1 Å². The highest BCUT2D eigenvalue weighted by Gasteiger charge is 2.25. The number of aromatic nitrogens is 4. The highest BCUT2D eigenvalue weighted by Crippen LogP contribution is 2.35. The van der Waals surface area contributed by atoms with Crippen LogP contribution in [-0.4, -0.2) is 56.2 Å². The minimum Gasteiger partial charge on any atom is -0.488 e. The maximum atomic E-state index is 12.8. The van der Waals surface area contributed by atoms with Gasteiger partial charge in [-0.3, -0.25) is 9.20 Å². The van der Waals surface area contributed by atoms with Crippen molar-refractivity contribution in [2.45, 2.75) is 19.3 Å². The minimum atomic E-state index is -0.187. The number of fused-ring (bicyclic) bond motifs is 2. The van der Waals surface area contributed by atoms with E-state index in [0.29, 0.717) is 35.9 Å². The zero-order valence-corrected chi connectivity index (χ0v) is 16.2. The van der Waals surface area contributed by atoms with Crippen LogP contribution in [0.15, 0.2) is 35.4 Å². The molecule has 2 aliphatic rings. The maximum absolute atomic E-state index is 12.8. The van der Waals surface area contributed by atoms with Crippen LogP contribution in [0.1, 0.15) is 29.6 Å². The number of hydrogen-bond acceptors (Lipinski definition) is 6. The highest BCUT2D eigenvalue weighted by molar-refractivity contribution is 5.95. The number of anilines is 2. The zero-order chi connectivity index (χ0) is 20.0. The lowest BCUT2D eigenvalue weighted by molar-refractivity contribution is 0.0723. The van der Waals surface area contributed by atoms with Crippen LogP contribution in [0.2, 0.25) is 0 Å². The van der Waals surface area contributed by atoms with Gasteiger partial charge in [0.2, 0.25) is 0 Å². The van der Waals surface area contributed by atoms with Crippen molar-refractivity contribution in [2.24, 2.45) is 7.05 Å². The van der Waals surface area contributed by atoms with E-state index in [1.807, 2.05) is 21.9 Å². The molecule has 9 heteroatoms. The molecule has 0 N–H and O–H groups in total. The van der Waals surface area contributed by atoms with E-state index < -0.39 is 0 Å². The topological polar surface area (TPSA) is 85.0 Å². The second-order valence-electron chi connectivity index (χ2n) is 7.42. The Morgan fingerprint density at radius 2 is 1.97 bits per heavy atom. The third kappa shape index (κ3) is 3.02. The summed E-state index contributed by atoms with van der Waals surface area (Å²) in [7, 11) is 1.63. The van der Waals surface area contributed by atoms with Crippen LogP contribution in [0.3, 0.4) is 0 Å². The number of amides is 1. The lowest BCUT2D eigenvalue weighted by atomic mass is 10.1. The third-order valence-corrected chi connectivity index (χ3v) is 5.52. The fourth-order valence-electron chi connectivity index (χ4n) is 3.98. The van der Waals surface area contributed by atoms with E-state index in [-0.39, 0.29) is 11.6 Å². The molecule has 0 spiro atoms. The second kappa shape index (κ2) is 6.91. The van der Waals surface area contributed by atoms with E-state index in [4.69, 9.17) is 4.74 Å². The molecule has 5 rings (SSSR count). The fraction of sp³-hybridized carbons (Fsp3) is 0.400. The van der Waals surface area contributed by atoms with Gasteiger partial charge in [-0.2, -0.15) is 5.10 Å². The van der Waals surface area contributed by atoms with Crippen molar-refractivity contribution in [3.63, 3.8) is 0 Å². The first kappa shape index (κ1) is 17.7. The molecule has 0 atom stereocenters. The Morgan fingerprint density at radius 3 is 2.79 bits per heavy atom. The average Bonchev–Trinajstić information content (AvgIpc) is 3.06. The zero-order valence-electron chi connectivity index (χ0n) is 16.2. The molecule has 150 valence electrons. The van der Waals surface area contributed by atoms with Crippen molar-refractivity contribution in [1.82, 2.24) is 24.1 Å². The Balaban J connectivity index is 1.48. The molecule has 0 bridgehead atoms. The summed E-state index contributed by atoms with van der Waals surface area (Å²) in [6.45, 7) is 2.70. The van der Waals surface area contributed by atoms with Crippen molar-refractivity contribution < 1.29 is 9.53 Å². The molecule has 5 heterocycles. The summed E-state index contributed by atoms with van der Waals surface area (Å²) in [6, 6.07) is 5.50. The molecule has 1 fully saturated rings. The smallest absolute Gasteiger partial charge is 0.350 e. The van der Waals surface area contributed by atoms with Crippen molar-refractivity contribution in [3.05, 3.63) is 46.6 Å². The molecule has 0 aliphatic carbocycles. The average molecular weight is 394 g/mol. The number of aryl methyl sites for hydroxylation is 1. The van der Waals surface area contributed by atoms with Crippen LogP contribution in [0, 0.1) is 0 Å². The molecule has 0 radical (unpaired) electrons. The van der Waals surface area contributed by atoms with Crippen molar-refractivity contribution in [3.8, 4) is 5.75 Å². The second-order valence-corrected chi connectivity index (χ2v) is 7.42. The molecular formula is C20H22N6O3. The maximum Gasteiger partial charge on any atom is 0.350 e. The molecule has 1 saturated heterocycles. The summed E-state index contributed by atoms with van der Waals surface area (Å²) in [5, 5.41) is 4.25. The molecule has 0 unspecified atom stereocenters. The number of ether oxygens (including phenoxy) is 1. The van der Waals surface area contributed by atoms with Gasteiger partial charge in [-0.05, 0) is 31.4 Å². The number of piperidine rings is 1. The van der Waals surface area contributed by atoms with Gasteiger partial charge >= 0.3 is 5.69 Å². The van der Waals surface area contributed by atoms with Gasteiger partial charge in [0.15, 0.2) is 17.2 Å². The summed E-state index contributed by atoms with van der Waals surface area (Å²) in [5.74, 6) is 1.27. The predicted octanol–water partition coefficient (Wildman–Crippen LogP) is 1.58. The number of rotatable bonds is 2. The standard InChI is InChI=1S/C20H22N6O3/c1-23-20(28)26-8-5-15(12-17(26)22-23)25-9-10-29-16-11-14(13-21-18(16)25)19(27)24-6-3-2-4-7-24/h5,8,11-13H,2-4,6-7,9-10H2,1H3. The van der Waals surface area contributed by atoms with E-state index in [1.165, 1.54) is 15.5 Å². The fourth-order valence-corrected chi connectivity index (χ4v) is 3.98. The van der Waals surface area contributed by atoms with Gasteiger partial charge in [0, 0.05) is 44.3 Å². The predicted molar refractivity (Wildman–Crippen MR) is 107 cm³/mol. The Hall–Kier alpha value is -3.36. The van der Waals surface area contributed by atoms with Crippen molar-refractivity contribution >= 4 is 23.1 Å². The Bertz CT molecular complexity index is 1140. The number of likely N-dealkylation sites (tertiary alicyclic amines) is 1. The van der Waals surface area contributed by atoms with Gasteiger partial charge < -0.3 is 14.5 Å². The summed E-state index contributed by atoms with van der Waals surface area (Å²) in [4.78, 5) is 33.3. The normalized spacial score (nSPS) is 16.6. The Labute approximate surface area is 167 Å². The first-order valence-corrected chi connectivity index (χ1v) is 9.87. The molecular weight excluding hydrogens is 372 g/mol. The molecule has 2 aliphatic heterocycles. The van der Waals surface area contributed by atoms with Crippen LogP contribution in [0.4, 0.5) is 11.5 Å². The molecule has 1 amide bonds. The SMILES string of the molecule is Cn1nc2cc(N3CCOc4cc(C(=O)N5CCCCC5)cnc43)ccn2c1=O. The summed E-state index contributed by atoms with van der Waals surface area (Å²) < 4.78 is 8.62. The monoisotopic (exact) mass is 394 g/mol. The van der Waals surface area contributed by atoms with Gasteiger partial charge in [-0.15, -0.1) is 0 Å². The van der Waals surface area contributed by atoms with Crippen molar-refractivity contribution in [1.29, 1.82) is 0 Å². The summed E-state index contributed by atoms with van der Waals surface area (Å²) in [5.41, 5.74) is 1.81. The van der Waals surface area contributed by atoms with E-state index in [9.17, 15) is 9.59 Å². The number of carbonyl (C=O) groups excluding carboxylic acids is 1. The number of hydrogen-bond donors (Lipinski definition) is 0. The molecule has 9 nitrogen and oxygen atoms in total. The largest absolute Gasteiger partial charge is 0.488 e. The molecule has 0 aromatic carbocycles. The minimum absolute atomic E-state index is 0.00926. The van der Waals surface area contributed by atoms with Gasteiger partial charge in [-0.1, -0.05) is 0 Å². The van der Waals surface area contributed by atoms with E-state index >= 15 is 0 Å². The van der Waals surface area contributed by atoms with Crippen LogP contribution in [0.25, 0.3) is 5.65 Å². The van der Waals surface area contributed by atoms with Crippen LogP contribution in [-0.2, 0) is 7.05 Å². The first-order valence-electron chi connectivity index (χ1n) is 9.87. The molecule has 29 heavy (non-hydrogen) atoms. The Morgan fingerprint density at radius 1 is 1.14 bits per heavy atom. The lowest BCUT2D eigenvalue weighted by Gasteiger charge is -2.31. The lowest BCUT2D eigenvalue weighted by Crippen LogP contribution is -2.36. The van der Waals surface area contributed by atoms with E-state index in [0.717, 1.165) is 31.6 Å². The van der Waals surface area contributed by atoms with Gasteiger partial charge in [0.25, 0.3) is 5.91 Å². The van der Waals surface area contributed by atoms with Gasteiger partial charge in [-0.25, -0.2) is 14.5 Å². The number of nitrogens with zero attached hydrogens (tertiary/aromatic N) is 6. The quantitative estimate of drug-likeness (QED) is 0.656. The third-order valence-electron chi connectivity index (χ3n) is 5.52. The molecule has 3 aromatic heterocycles. The van der Waals surface area contributed by atoms with Crippen LogP contribution >= 0.6 is 0 Å². The summed E-state index contributed by atoms with van der Waals surface area (Å²) in [6.07, 6.45) is 6.61. The Kier molecular flexibility index (Phi) is 4.22. The first-order chi connectivity index (χ1) is 14.1. The van der Waals surface area contributed by atoms with E-state index in [1.54, 1.807) is 25.5 Å². The van der Waals surface area contributed by atoms with Crippen LogP contribution < -0.4 is 15.3 Å². The van der Waals surface area contributed by atoms with Crippen LogP contribution in [0.5, 0.6) is 5.75 Å². The number of pyridine rings is 2. The summed E-state index contributed by atoms with van der Waals surface area (Å²) >= 11 is 0.